The predicted molar refractivity (Wildman–Crippen MR) is 95.1 cm³/mol. The minimum Gasteiger partial charge on any atom is -0.465 e. The minimum absolute atomic E-state index is 0.0773. The molecule has 3 rings (SSSR count). The lowest BCUT2D eigenvalue weighted by Gasteiger charge is -2.11. The number of carbonyl (C=O) groups is 1. The molecule has 0 aliphatic rings. The number of pyridine rings is 1. The topological polar surface area (TPSA) is 85.4 Å². The number of ether oxygens (including phenoxy) is 1. The molecule has 128 valence electrons. The van der Waals surface area contributed by atoms with Gasteiger partial charge in [0.2, 0.25) is 0 Å². The summed E-state index contributed by atoms with van der Waals surface area (Å²) in [5.41, 5.74) is 1.87. The number of aryl methyl sites for hydroxylation is 1. The Balaban J connectivity index is 2.02. The zero-order chi connectivity index (χ0) is 18.0. The Morgan fingerprint density at radius 1 is 1.12 bits per heavy atom. The number of nitrogens with one attached hydrogen (secondary N) is 1. The van der Waals surface area contributed by atoms with Crippen molar-refractivity contribution in [2.75, 3.05) is 11.8 Å². The molecule has 2 aromatic carbocycles. The smallest absolute Gasteiger partial charge is 0.337 e. The van der Waals surface area contributed by atoms with Crippen LogP contribution in [0.1, 0.15) is 15.9 Å². The van der Waals surface area contributed by atoms with Gasteiger partial charge in [-0.25, -0.2) is 13.2 Å². The van der Waals surface area contributed by atoms with E-state index in [9.17, 15) is 13.2 Å². The number of carbonyl (C=O) groups excluding carboxylic acids is 1. The number of hydrogen-bond acceptors (Lipinski definition) is 5. The first kappa shape index (κ1) is 16.9. The van der Waals surface area contributed by atoms with Gasteiger partial charge >= 0.3 is 5.97 Å². The summed E-state index contributed by atoms with van der Waals surface area (Å²) in [5, 5.41) is 0.742. The van der Waals surface area contributed by atoms with Crippen molar-refractivity contribution >= 4 is 32.6 Å². The molecule has 3 aromatic rings. The Kier molecular flexibility index (Phi) is 4.41. The van der Waals surface area contributed by atoms with Gasteiger partial charge in [0.25, 0.3) is 10.0 Å². The van der Waals surface area contributed by atoms with Gasteiger partial charge in [0.1, 0.15) is 4.90 Å². The van der Waals surface area contributed by atoms with Crippen LogP contribution in [0.4, 0.5) is 5.69 Å². The monoisotopic (exact) mass is 356 g/mol. The van der Waals surface area contributed by atoms with Gasteiger partial charge in [0.15, 0.2) is 0 Å². The van der Waals surface area contributed by atoms with Gasteiger partial charge in [-0.2, -0.15) is 0 Å². The van der Waals surface area contributed by atoms with Crippen LogP contribution in [0.15, 0.2) is 59.6 Å². The van der Waals surface area contributed by atoms with Gasteiger partial charge < -0.3 is 4.74 Å². The number of aromatic nitrogens is 1. The number of anilines is 1. The number of sulfonamides is 1. The molecule has 0 fully saturated rings. The first-order valence-corrected chi connectivity index (χ1v) is 8.95. The van der Waals surface area contributed by atoms with E-state index in [0.29, 0.717) is 5.52 Å². The van der Waals surface area contributed by atoms with E-state index in [4.69, 9.17) is 0 Å². The number of hydrogen-bond donors (Lipinski definition) is 1. The van der Waals surface area contributed by atoms with E-state index < -0.39 is 16.0 Å². The lowest BCUT2D eigenvalue weighted by Crippen LogP contribution is -2.14. The molecule has 0 radical (unpaired) electrons. The molecule has 0 saturated heterocycles. The molecule has 0 aliphatic heterocycles. The molecule has 0 spiro atoms. The van der Waals surface area contributed by atoms with Crippen LogP contribution >= 0.6 is 0 Å². The average Bonchev–Trinajstić information content (AvgIpc) is 2.60. The SMILES string of the molecule is COC(=O)c1cccc(NS(=O)(=O)c2cccc3cc(C)cnc23)c1. The lowest BCUT2D eigenvalue weighted by molar-refractivity contribution is 0.0601. The Hall–Kier alpha value is -2.93. The first-order chi connectivity index (χ1) is 11.9. The summed E-state index contributed by atoms with van der Waals surface area (Å²) in [6, 6.07) is 13.0. The Labute approximate surface area is 145 Å². The standard InChI is InChI=1S/C18H16N2O4S/c1-12-9-13-5-4-8-16(17(13)19-11-12)25(22,23)20-15-7-3-6-14(10-15)18(21)24-2/h3-11,20H,1-2H3. The highest BCUT2D eigenvalue weighted by atomic mass is 32.2. The second-order valence-electron chi connectivity index (χ2n) is 5.52. The van der Waals surface area contributed by atoms with E-state index in [2.05, 4.69) is 14.4 Å². The van der Waals surface area contributed by atoms with Crippen molar-refractivity contribution in [1.29, 1.82) is 0 Å². The summed E-state index contributed by atoms with van der Waals surface area (Å²) in [4.78, 5) is 15.9. The summed E-state index contributed by atoms with van der Waals surface area (Å²) >= 11 is 0. The highest BCUT2D eigenvalue weighted by molar-refractivity contribution is 7.93. The normalized spacial score (nSPS) is 11.3. The molecule has 7 heteroatoms. The van der Waals surface area contributed by atoms with Crippen LogP contribution in [-0.2, 0) is 14.8 Å². The molecule has 0 amide bonds. The van der Waals surface area contributed by atoms with Crippen LogP contribution in [0.2, 0.25) is 0 Å². The number of nitrogens with zero attached hydrogens (tertiary/aromatic N) is 1. The summed E-state index contributed by atoms with van der Waals surface area (Å²) in [5.74, 6) is -0.539. The molecule has 0 aliphatic carbocycles. The third-order valence-electron chi connectivity index (χ3n) is 3.64. The van der Waals surface area contributed by atoms with Crippen molar-refractivity contribution < 1.29 is 17.9 Å². The Morgan fingerprint density at radius 2 is 1.88 bits per heavy atom. The first-order valence-electron chi connectivity index (χ1n) is 7.47. The van der Waals surface area contributed by atoms with Gasteiger partial charge in [-0.05, 0) is 42.8 Å². The lowest BCUT2D eigenvalue weighted by atomic mass is 10.2. The van der Waals surface area contributed by atoms with E-state index in [1.807, 2.05) is 19.1 Å². The van der Waals surface area contributed by atoms with Gasteiger partial charge in [0, 0.05) is 17.3 Å². The highest BCUT2D eigenvalue weighted by Gasteiger charge is 2.19. The fraction of sp³-hybridized carbons (Fsp3) is 0.111. The maximum absolute atomic E-state index is 12.8. The number of methoxy groups -OCH3 is 1. The number of para-hydroxylation sites is 1. The van der Waals surface area contributed by atoms with Crippen molar-refractivity contribution in [2.45, 2.75) is 11.8 Å². The average molecular weight is 356 g/mol. The molecule has 0 bridgehead atoms. The number of esters is 1. The number of rotatable bonds is 4. The molecule has 1 aromatic heterocycles. The van der Waals surface area contributed by atoms with E-state index in [1.165, 1.54) is 19.2 Å². The third kappa shape index (κ3) is 3.46. The van der Waals surface area contributed by atoms with Crippen molar-refractivity contribution in [3.63, 3.8) is 0 Å². The van der Waals surface area contributed by atoms with Crippen molar-refractivity contribution in [3.8, 4) is 0 Å². The Bertz CT molecular complexity index is 1060. The predicted octanol–water partition coefficient (Wildman–Crippen LogP) is 3.13. The molecule has 6 nitrogen and oxygen atoms in total. The number of benzene rings is 2. The summed E-state index contributed by atoms with van der Waals surface area (Å²) in [6.07, 6.45) is 1.62. The molecule has 0 unspecified atom stereocenters. The maximum atomic E-state index is 12.8. The van der Waals surface area contributed by atoms with Crippen LogP contribution in [0.3, 0.4) is 0 Å². The van der Waals surface area contributed by atoms with Crippen LogP contribution in [0, 0.1) is 6.92 Å². The van der Waals surface area contributed by atoms with Crippen molar-refractivity contribution in [1.82, 2.24) is 4.98 Å². The summed E-state index contributed by atoms with van der Waals surface area (Å²) < 4.78 is 32.7. The van der Waals surface area contributed by atoms with Crippen molar-refractivity contribution in [3.05, 3.63) is 65.9 Å². The van der Waals surface area contributed by atoms with E-state index in [0.717, 1.165) is 10.9 Å². The zero-order valence-corrected chi connectivity index (χ0v) is 14.5. The van der Waals surface area contributed by atoms with Gasteiger partial charge in [-0.1, -0.05) is 18.2 Å². The Morgan fingerprint density at radius 3 is 2.64 bits per heavy atom. The zero-order valence-electron chi connectivity index (χ0n) is 13.7. The second-order valence-corrected chi connectivity index (χ2v) is 7.17. The molecular formula is C18H16N2O4S. The molecule has 0 saturated carbocycles. The van der Waals surface area contributed by atoms with E-state index in [1.54, 1.807) is 30.5 Å². The molecular weight excluding hydrogens is 340 g/mol. The maximum Gasteiger partial charge on any atom is 0.337 e. The summed E-state index contributed by atoms with van der Waals surface area (Å²) in [6.45, 7) is 1.89. The van der Waals surface area contributed by atoms with E-state index in [-0.39, 0.29) is 16.1 Å². The van der Waals surface area contributed by atoms with Crippen LogP contribution < -0.4 is 4.72 Å². The quantitative estimate of drug-likeness (QED) is 0.726. The van der Waals surface area contributed by atoms with Crippen LogP contribution in [0.5, 0.6) is 0 Å². The van der Waals surface area contributed by atoms with E-state index >= 15 is 0 Å². The third-order valence-corrected chi connectivity index (χ3v) is 5.05. The summed E-state index contributed by atoms with van der Waals surface area (Å²) in [7, 11) is -2.60. The van der Waals surface area contributed by atoms with Gasteiger partial charge in [0.05, 0.1) is 18.2 Å². The van der Waals surface area contributed by atoms with Crippen LogP contribution in [-0.4, -0.2) is 26.5 Å². The molecule has 0 atom stereocenters. The minimum atomic E-state index is -3.87. The molecule has 1 N–H and O–H groups in total. The van der Waals surface area contributed by atoms with Gasteiger partial charge in [-0.15, -0.1) is 0 Å². The molecule has 1 heterocycles. The second kappa shape index (κ2) is 6.52. The largest absolute Gasteiger partial charge is 0.465 e. The fourth-order valence-corrected chi connectivity index (χ4v) is 3.73. The number of fused-ring (bicyclic) bond motifs is 1. The highest BCUT2D eigenvalue weighted by Crippen LogP contribution is 2.24. The fourth-order valence-electron chi connectivity index (χ4n) is 2.50. The molecule has 25 heavy (non-hydrogen) atoms. The van der Waals surface area contributed by atoms with Crippen molar-refractivity contribution in [2.24, 2.45) is 0 Å². The van der Waals surface area contributed by atoms with Crippen LogP contribution in [0.25, 0.3) is 10.9 Å². The van der Waals surface area contributed by atoms with Gasteiger partial charge in [-0.3, -0.25) is 9.71 Å².